The second-order valence-electron chi connectivity index (χ2n) is 3.60. The number of anilines is 2. The smallest absolute Gasteiger partial charge is 0.249 e. The molecule has 1 aliphatic rings. The molecule has 1 fully saturated rings. The van der Waals surface area contributed by atoms with Gasteiger partial charge in [0.1, 0.15) is 17.7 Å². The lowest BCUT2D eigenvalue weighted by atomic mass is 10.1. The zero-order chi connectivity index (χ0) is 11.5. The zero-order valence-corrected chi connectivity index (χ0v) is 8.56. The van der Waals surface area contributed by atoms with Crippen molar-refractivity contribution in [2.45, 2.75) is 18.9 Å². The lowest BCUT2D eigenvalue weighted by Crippen LogP contribution is -2.47. The molecule has 1 atom stereocenters. The van der Waals surface area contributed by atoms with E-state index in [1.165, 1.54) is 0 Å². The molecule has 16 heavy (non-hydrogen) atoms. The molecule has 1 aromatic rings. The van der Waals surface area contributed by atoms with Gasteiger partial charge in [-0.3, -0.25) is 14.9 Å². The lowest BCUT2D eigenvalue weighted by molar-refractivity contribution is -0.133. The van der Waals surface area contributed by atoms with E-state index in [4.69, 9.17) is 5.73 Å². The van der Waals surface area contributed by atoms with E-state index in [9.17, 15) is 9.59 Å². The average Bonchev–Trinajstić information content (AvgIpc) is 2.22. The maximum absolute atomic E-state index is 11.4. The monoisotopic (exact) mass is 220 g/mol. The number of nitrogen functional groups attached to an aromatic ring is 1. The maximum Gasteiger partial charge on any atom is 0.249 e. The third-order valence-electron chi connectivity index (χ3n) is 2.33. The van der Waals surface area contributed by atoms with Gasteiger partial charge in [0, 0.05) is 6.42 Å². The Bertz CT molecular complexity index is 433. The standard InChI is InChI=1S/C10H12N4O2/c11-7-2-1-3-8(13-7)12-6-4-5-9(15)14-10(6)16/h1-3,6H,4-5H2,(H3,11,12,13)(H,14,15,16). The number of hydrogen-bond acceptors (Lipinski definition) is 5. The van der Waals surface area contributed by atoms with Gasteiger partial charge in [-0.1, -0.05) is 6.07 Å². The molecule has 84 valence electrons. The summed E-state index contributed by atoms with van der Waals surface area (Å²) >= 11 is 0. The quantitative estimate of drug-likeness (QED) is 0.604. The van der Waals surface area contributed by atoms with Gasteiger partial charge in [0.2, 0.25) is 11.8 Å². The van der Waals surface area contributed by atoms with Crippen LogP contribution in [0.15, 0.2) is 18.2 Å². The fraction of sp³-hybridized carbons (Fsp3) is 0.300. The van der Waals surface area contributed by atoms with Crippen LogP contribution in [0.1, 0.15) is 12.8 Å². The number of hydrogen-bond donors (Lipinski definition) is 3. The van der Waals surface area contributed by atoms with Gasteiger partial charge >= 0.3 is 0 Å². The maximum atomic E-state index is 11.4. The van der Waals surface area contributed by atoms with Crippen LogP contribution in [0.5, 0.6) is 0 Å². The Morgan fingerprint density at radius 2 is 2.25 bits per heavy atom. The van der Waals surface area contributed by atoms with Gasteiger partial charge in [-0.25, -0.2) is 4.98 Å². The molecule has 1 aromatic heterocycles. The Balaban J connectivity index is 2.05. The summed E-state index contributed by atoms with van der Waals surface area (Å²) in [5.74, 6) is 0.371. The Labute approximate surface area is 92.2 Å². The third-order valence-corrected chi connectivity index (χ3v) is 2.33. The van der Waals surface area contributed by atoms with Gasteiger partial charge in [0.15, 0.2) is 0 Å². The summed E-state index contributed by atoms with van der Waals surface area (Å²) in [6, 6.07) is 4.71. The molecule has 2 rings (SSSR count). The minimum absolute atomic E-state index is 0.233. The van der Waals surface area contributed by atoms with E-state index in [0.717, 1.165) is 0 Å². The average molecular weight is 220 g/mol. The third kappa shape index (κ3) is 2.28. The predicted octanol–water partition coefficient (Wildman–Crippen LogP) is -0.119. The Morgan fingerprint density at radius 3 is 2.94 bits per heavy atom. The summed E-state index contributed by atoms with van der Waals surface area (Å²) in [4.78, 5) is 26.4. The summed E-state index contributed by atoms with van der Waals surface area (Å²) in [5.41, 5.74) is 5.51. The van der Waals surface area contributed by atoms with Crippen LogP contribution < -0.4 is 16.4 Å². The van der Waals surface area contributed by atoms with Crippen LogP contribution >= 0.6 is 0 Å². The molecule has 4 N–H and O–H groups in total. The second kappa shape index (κ2) is 4.18. The molecule has 1 unspecified atom stereocenters. The van der Waals surface area contributed by atoms with Crippen LogP contribution in [0, 0.1) is 0 Å². The topological polar surface area (TPSA) is 97.1 Å². The van der Waals surface area contributed by atoms with Gasteiger partial charge in [-0.05, 0) is 18.6 Å². The van der Waals surface area contributed by atoms with Crippen molar-refractivity contribution in [3.8, 4) is 0 Å². The van der Waals surface area contributed by atoms with Crippen molar-refractivity contribution in [2.24, 2.45) is 0 Å². The molecule has 2 heterocycles. The number of nitrogens with two attached hydrogens (primary N) is 1. The molecule has 0 radical (unpaired) electrons. The molecule has 2 amide bonds. The summed E-state index contributed by atoms with van der Waals surface area (Å²) in [6.45, 7) is 0. The van der Waals surface area contributed by atoms with E-state index < -0.39 is 6.04 Å². The van der Waals surface area contributed by atoms with Crippen molar-refractivity contribution in [3.63, 3.8) is 0 Å². The number of piperidine rings is 1. The predicted molar refractivity (Wildman–Crippen MR) is 58.4 cm³/mol. The summed E-state index contributed by atoms with van der Waals surface area (Å²) in [6.07, 6.45) is 0.812. The molecule has 6 heteroatoms. The van der Waals surface area contributed by atoms with Gasteiger partial charge in [0.05, 0.1) is 0 Å². The highest BCUT2D eigenvalue weighted by atomic mass is 16.2. The van der Waals surface area contributed by atoms with E-state index in [1.807, 2.05) is 0 Å². The van der Waals surface area contributed by atoms with E-state index in [2.05, 4.69) is 15.6 Å². The highest BCUT2D eigenvalue weighted by molar-refractivity contribution is 6.01. The van der Waals surface area contributed by atoms with Crippen molar-refractivity contribution in [3.05, 3.63) is 18.2 Å². The van der Waals surface area contributed by atoms with Crippen LogP contribution in [0.2, 0.25) is 0 Å². The van der Waals surface area contributed by atoms with E-state index in [0.29, 0.717) is 24.5 Å². The fourth-order valence-corrected chi connectivity index (χ4v) is 1.54. The van der Waals surface area contributed by atoms with E-state index in [1.54, 1.807) is 18.2 Å². The molecule has 1 aliphatic heterocycles. The summed E-state index contributed by atoms with van der Waals surface area (Å²) in [5, 5.41) is 5.20. The minimum Gasteiger partial charge on any atom is -0.384 e. The second-order valence-corrected chi connectivity index (χ2v) is 3.60. The number of pyridine rings is 1. The van der Waals surface area contributed by atoms with Crippen molar-refractivity contribution in [2.75, 3.05) is 11.1 Å². The molecular formula is C10H12N4O2. The Kier molecular flexibility index (Phi) is 2.72. The van der Waals surface area contributed by atoms with Crippen molar-refractivity contribution in [1.82, 2.24) is 10.3 Å². The van der Waals surface area contributed by atoms with Crippen LogP contribution in [0.25, 0.3) is 0 Å². The van der Waals surface area contributed by atoms with Crippen LogP contribution in [-0.4, -0.2) is 22.8 Å². The molecule has 0 aromatic carbocycles. The number of imide groups is 1. The summed E-state index contributed by atoms with van der Waals surface area (Å²) in [7, 11) is 0. The number of rotatable bonds is 2. The number of carbonyl (C=O) groups excluding carboxylic acids is 2. The Hall–Kier alpha value is -2.11. The van der Waals surface area contributed by atoms with Crippen molar-refractivity contribution in [1.29, 1.82) is 0 Å². The number of carbonyl (C=O) groups is 2. The first-order valence-electron chi connectivity index (χ1n) is 4.98. The lowest BCUT2D eigenvalue weighted by Gasteiger charge is -2.22. The largest absolute Gasteiger partial charge is 0.384 e. The number of nitrogens with zero attached hydrogens (tertiary/aromatic N) is 1. The minimum atomic E-state index is -0.424. The number of amides is 2. The van der Waals surface area contributed by atoms with E-state index in [-0.39, 0.29) is 11.8 Å². The van der Waals surface area contributed by atoms with Gasteiger partial charge in [0.25, 0.3) is 0 Å². The molecule has 6 nitrogen and oxygen atoms in total. The first-order valence-corrected chi connectivity index (χ1v) is 4.98. The zero-order valence-electron chi connectivity index (χ0n) is 8.56. The van der Waals surface area contributed by atoms with Gasteiger partial charge in [-0.2, -0.15) is 0 Å². The summed E-state index contributed by atoms with van der Waals surface area (Å²) < 4.78 is 0. The first kappa shape index (κ1) is 10.4. The van der Waals surface area contributed by atoms with E-state index >= 15 is 0 Å². The first-order chi connectivity index (χ1) is 7.65. The normalized spacial score (nSPS) is 20.4. The van der Waals surface area contributed by atoms with Gasteiger partial charge in [-0.15, -0.1) is 0 Å². The molecule has 0 spiro atoms. The van der Waals surface area contributed by atoms with Crippen molar-refractivity contribution >= 4 is 23.5 Å². The molecule has 1 saturated heterocycles. The highest BCUT2D eigenvalue weighted by Gasteiger charge is 2.26. The van der Waals surface area contributed by atoms with Crippen molar-refractivity contribution < 1.29 is 9.59 Å². The molecule has 0 saturated carbocycles. The number of nitrogens with one attached hydrogen (secondary N) is 2. The fourth-order valence-electron chi connectivity index (χ4n) is 1.54. The molecule has 0 aliphatic carbocycles. The van der Waals surface area contributed by atoms with Crippen LogP contribution in [0.3, 0.4) is 0 Å². The molecule has 0 bridgehead atoms. The number of aromatic nitrogens is 1. The Morgan fingerprint density at radius 1 is 1.44 bits per heavy atom. The molecular weight excluding hydrogens is 208 g/mol. The SMILES string of the molecule is Nc1cccc(NC2CCC(=O)NC2=O)n1. The highest BCUT2D eigenvalue weighted by Crippen LogP contribution is 2.12. The van der Waals surface area contributed by atoms with Crippen LogP contribution in [-0.2, 0) is 9.59 Å². The van der Waals surface area contributed by atoms with Gasteiger partial charge < -0.3 is 11.1 Å². The van der Waals surface area contributed by atoms with Crippen LogP contribution in [0.4, 0.5) is 11.6 Å².